The van der Waals surface area contributed by atoms with Crippen molar-refractivity contribution in [2.45, 2.75) is 6.42 Å². The van der Waals surface area contributed by atoms with Gasteiger partial charge < -0.3 is 0 Å². The second-order valence-electron chi connectivity index (χ2n) is 1.90. The van der Waals surface area contributed by atoms with E-state index >= 15 is 0 Å². The van der Waals surface area contributed by atoms with Crippen molar-refractivity contribution in [3.63, 3.8) is 0 Å². The van der Waals surface area contributed by atoms with Gasteiger partial charge in [0, 0.05) is 10.9 Å². The summed E-state index contributed by atoms with van der Waals surface area (Å²) >= 11 is 4.68. The van der Waals surface area contributed by atoms with Crippen LogP contribution in [0.4, 0.5) is 0 Å². The minimum Gasteiger partial charge on any atom is -0.293 e. The highest BCUT2D eigenvalue weighted by Gasteiger charge is 2.06. The SMILES string of the molecule is N#CCC(=O)c1csc(Br)c1. The van der Waals surface area contributed by atoms with E-state index in [2.05, 4.69) is 15.9 Å². The van der Waals surface area contributed by atoms with Gasteiger partial charge in [-0.15, -0.1) is 11.3 Å². The Balaban J connectivity index is 2.78. The Morgan fingerprint density at radius 2 is 2.55 bits per heavy atom. The molecule has 56 valence electrons. The van der Waals surface area contributed by atoms with Gasteiger partial charge in [-0.3, -0.25) is 4.79 Å². The zero-order valence-electron chi connectivity index (χ0n) is 5.50. The summed E-state index contributed by atoms with van der Waals surface area (Å²) in [6.45, 7) is 0. The molecule has 1 aromatic rings. The van der Waals surface area contributed by atoms with Gasteiger partial charge in [0.25, 0.3) is 0 Å². The third kappa shape index (κ3) is 2.14. The predicted molar refractivity (Wildman–Crippen MR) is 46.6 cm³/mol. The predicted octanol–water partition coefficient (Wildman–Crippen LogP) is 2.61. The number of ketones is 1. The summed E-state index contributed by atoms with van der Waals surface area (Å²) in [5.74, 6) is -0.116. The Kier molecular flexibility index (Phi) is 2.80. The first kappa shape index (κ1) is 8.44. The van der Waals surface area contributed by atoms with Crippen molar-refractivity contribution in [3.05, 3.63) is 20.8 Å². The van der Waals surface area contributed by atoms with Crippen LogP contribution in [0.25, 0.3) is 0 Å². The lowest BCUT2D eigenvalue weighted by Crippen LogP contribution is -1.93. The molecule has 0 aromatic carbocycles. The summed E-state index contributed by atoms with van der Waals surface area (Å²) in [5.41, 5.74) is 0.614. The summed E-state index contributed by atoms with van der Waals surface area (Å²) < 4.78 is 0.916. The molecule has 1 aromatic heterocycles. The molecule has 0 aliphatic rings. The molecular weight excluding hydrogens is 226 g/mol. The van der Waals surface area contributed by atoms with Crippen molar-refractivity contribution >= 4 is 33.0 Å². The van der Waals surface area contributed by atoms with Crippen molar-refractivity contribution in [2.24, 2.45) is 0 Å². The lowest BCUT2D eigenvalue weighted by Gasteiger charge is -1.85. The number of rotatable bonds is 2. The topological polar surface area (TPSA) is 40.9 Å². The number of halogens is 1. The highest BCUT2D eigenvalue weighted by molar-refractivity contribution is 9.11. The minimum absolute atomic E-state index is 0.0385. The molecule has 0 spiro atoms. The molecule has 0 amide bonds. The fraction of sp³-hybridized carbons (Fsp3) is 0.143. The number of thiophene rings is 1. The summed E-state index contributed by atoms with van der Waals surface area (Å²) in [7, 11) is 0. The Morgan fingerprint density at radius 3 is 3.00 bits per heavy atom. The zero-order chi connectivity index (χ0) is 8.27. The van der Waals surface area contributed by atoms with E-state index in [4.69, 9.17) is 5.26 Å². The largest absolute Gasteiger partial charge is 0.293 e. The van der Waals surface area contributed by atoms with Crippen LogP contribution >= 0.6 is 27.3 Å². The molecule has 2 nitrogen and oxygen atoms in total. The van der Waals surface area contributed by atoms with Crippen molar-refractivity contribution in [2.75, 3.05) is 0 Å². The Bertz CT molecular complexity index is 312. The van der Waals surface area contributed by atoms with Gasteiger partial charge in [-0.2, -0.15) is 5.26 Å². The van der Waals surface area contributed by atoms with Gasteiger partial charge in [-0.25, -0.2) is 0 Å². The van der Waals surface area contributed by atoms with Crippen LogP contribution in [-0.4, -0.2) is 5.78 Å². The molecule has 0 bridgehead atoms. The molecule has 0 atom stereocenters. The highest BCUT2D eigenvalue weighted by atomic mass is 79.9. The van der Waals surface area contributed by atoms with Crippen LogP contribution in [0.2, 0.25) is 0 Å². The van der Waals surface area contributed by atoms with Crippen LogP contribution < -0.4 is 0 Å². The van der Waals surface area contributed by atoms with Crippen LogP contribution in [0.15, 0.2) is 15.2 Å². The molecule has 0 saturated heterocycles. The maximum absolute atomic E-state index is 11.0. The second-order valence-corrected chi connectivity index (χ2v) is 4.19. The molecule has 0 unspecified atom stereocenters. The molecule has 11 heavy (non-hydrogen) atoms. The molecule has 0 fully saturated rings. The van der Waals surface area contributed by atoms with E-state index in [0.29, 0.717) is 5.56 Å². The maximum Gasteiger partial charge on any atom is 0.177 e. The molecular formula is C7H4BrNOS. The first-order valence-corrected chi connectivity index (χ1v) is 4.55. The normalized spacial score (nSPS) is 9.09. The molecule has 0 N–H and O–H groups in total. The average Bonchev–Trinajstić information content (AvgIpc) is 2.36. The van der Waals surface area contributed by atoms with E-state index < -0.39 is 0 Å². The monoisotopic (exact) mass is 229 g/mol. The average molecular weight is 230 g/mol. The van der Waals surface area contributed by atoms with Crippen LogP contribution in [0, 0.1) is 11.3 Å². The molecule has 0 saturated carbocycles. The van der Waals surface area contributed by atoms with Gasteiger partial charge >= 0.3 is 0 Å². The Morgan fingerprint density at radius 1 is 1.82 bits per heavy atom. The van der Waals surface area contributed by atoms with E-state index in [9.17, 15) is 4.79 Å². The van der Waals surface area contributed by atoms with E-state index in [0.717, 1.165) is 3.79 Å². The molecule has 1 rings (SSSR count). The smallest absolute Gasteiger partial charge is 0.177 e. The number of hydrogen-bond acceptors (Lipinski definition) is 3. The van der Waals surface area contributed by atoms with Crippen LogP contribution in [0.1, 0.15) is 16.8 Å². The highest BCUT2D eigenvalue weighted by Crippen LogP contribution is 2.21. The fourth-order valence-electron chi connectivity index (χ4n) is 0.630. The van der Waals surface area contributed by atoms with Crippen molar-refractivity contribution < 1.29 is 4.79 Å². The fourth-order valence-corrected chi connectivity index (χ4v) is 1.79. The number of carbonyl (C=O) groups excluding carboxylic acids is 1. The molecule has 0 aliphatic heterocycles. The van der Waals surface area contributed by atoms with Crippen LogP contribution in [0.5, 0.6) is 0 Å². The second kappa shape index (κ2) is 3.65. The van der Waals surface area contributed by atoms with Gasteiger partial charge in [0.05, 0.1) is 16.3 Å². The first-order chi connectivity index (χ1) is 5.24. The summed E-state index contributed by atoms with van der Waals surface area (Å²) in [6.07, 6.45) is -0.0385. The standard InChI is InChI=1S/C7H4BrNOS/c8-7-3-5(4-11-7)6(10)1-2-9/h3-4H,1H2. The van der Waals surface area contributed by atoms with Gasteiger partial charge in [-0.1, -0.05) is 0 Å². The number of hydrogen-bond donors (Lipinski definition) is 0. The Labute approximate surface area is 76.6 Å². The molecule has 1 heterocycles. The molecule has 0 radical (unpaired) electrons. The Hall–Kier alpha value is -0.660. The van der Waals surface area contributed by atoms with Crippen LogP contribution in [0.3, 0.4) is 0 Å². The van der Waals surface area contributed by atoms with Gasteiger partial charge in [0.2, 0.25) is 0 Å². The lowest BCUT2D eigenvalue weighted by atomic mass is 10.2. The van der Waals surface area contributed by atoms with E-state index in [1.54, 1.807) is 11.4 Å². The maximum atomic E-state index is 11.0. The van der Waals surface area contributed by atoms with Crippen molar-refractivity contribution in [1.29, 1.82) is 5.26 Å². The minimum atomic E-state index is -0.116. The number of carbonyl (C=O) groups is 1. The van der Waals surface area contributed by atoms with E-state index in [1.807, 2.05) is 6.07 Å². The first-order valence-electron chi connectivity index (χ1n) is 2.88. The summed E-state index contributed by atoms with van der Waals surface area (Å²) in [6, 6.07) is 3.54. The van der Waals surface area contributed by atoms with Crippen molar-refractivity contribution in [3.8, 4) is 6.07 Å². The quantitative estimate of drug-likeness (QED) is 0.732. The number of nitriles is 1. The van der Waals surface area contributed by atoms with E-state index in [1.165, 1.54) is 11.3 Å². The van der Waals surface area contributed by atoms with E-state index in [-0.39, 0.29) is 12.2 Å². The van der Waals surface area contributed by atoms with Gasteiger partial charge in [-0.05, 0) is 22.0 Å². The molecule has 4 heteroatoms. The lowest BCUT2D eigenvalue weighted by molar-refractivity contribution is 0.0998. The zero-order valence-corrected chi connectivity index (χ0v) is 7.91. The van der Waals surface area contributed by atoms with Gasteiger partial charge in [0.15, 0.2) is 5.78 Å². The van der Waals surface area contributed by atoms with Gasteiger partial charge in [0.1, 0.15) is 0 Å². The summed E-state index contributed by atoms with van der Waals surface area (Å²) in [4.78, 5) is 11.0. The summed E-state index contributed by atoms with van der Waals surface area (Å²) in [5, 5.41) is 9.97. The number of Topliss-reactive ketones (excluding diaryl/α,β-unsaturated/α-hetero) is 1. The van der Waals surface area contributed by atoms with Crippen LogP contribution in [-0.2, 0) is 0 Å². The van der Waals surface area contributed by atoms with Crippen molar-refractivity contribution in [1.82, 2.24) is 0 Å². The molecule has 0 aliphatic carbocycles. The number of nitrogens with zero attached hydrogens (tertiary/aromatic N) is 1. The third-order valence-corrected chi connectivity index (χ3v) is 2.63. The third-order valence-electron chi connectivity index (χ3n) is 1.13.